The Morgan fingerprint density at radius 2 is 1.72 bits per heavy atom. The van der Waals surface area contributed by atoms with E-state index in [2.05, 4.69) is 5.32 Å². The number of carbonyl (C=O) groups excluding carboxylic acids is 2. The first-order chi connectivity index (χ1) is 13.8. The lowest BCUT2D eigenvalue weighted by molar-refractivity contribution is -0.142. The zero-order chi connectivity index (χ0) is 21.4. The third kappa shape index (κ3) is 6.59. The summed E-state index contributed by atoms with van der Waals surface area (Å²) in [6.45, 7) is 7.76. The third-order valence-electron chi connectivity index (χ3n) is 4.60. The fourth-order valence-corrected chi connectivity index (χ4v) is 2.79. The number of carbonyl (C=O) groups is 2. The van der Waals surface area contributed by atoms with E-state index in [0.29, 0.717) is 17.9 Å². The monoisotopic (exact) mass is 400 g/mol. The van der Waals surface area contributed by atoms with Crippen molar-refractivity contribution in [2.24, 2.45) is 5.92 Å². The molecule has 2 rings (SSSR count). The molecule has 0 aromatic heterocycles. The fraction of sp³-hybridized carbons (Fsp3) is 0.391. The molecule has 0 fully saturated rings. The molecule has 0 bridgehead atoms. The molecule has 0 spiro atoms. The first-order valence-electron chi connectivity index (χ1n) is 9.78. The summed E-state index contributed by atoms with van der Waals surface area (Å²) in [5.74, 6) is -0.197. The van der Waals surface area contributed by atoms with Crippen LogP contribution >= 0.6 is 0 Å². The molecule has 0 heterocycles. The van der Waals surface area contributed by atoms with E-state index >= 15 is 0 Å². The Morgan fingerprint density at radius 3 is 2.38 bits per heavy atom. The van der Waals surface area contributed by atoms with Crippen LogP contribution in [0.3, 0.4) is 0 Å². The van der Waals surface area contributed by atoms with Gasteiger partial charge in [0, 0.05) is 18.7 Å². The second-order valence-electron chi connectivity index (χ2n) is 7.48. The molecule has 5 nitrogen and oxygen atoms in total. The SMILES string of the molecule is Cc1ccccc1OCC(=O)N(Cc1ccccc1F)[C@@H](C)C(=O)NCC(C)C. The average Bonchev–Trinajstić information content (AvgIpc) is 2.70. The topological polar surface area (TPSA) is 58.6 Å². The van der Waals surface area contributed by atoms with E-state index in [4.69, 9.17) is 4.74 Å². The maximum absolute atomic E-state index is 14.2. The number of nitrogens with one attached hydrogen (secondary N) is 1. The highest BCUT2D eigenvalue weighted by atomic mass is 19.1. The smallest absolute Gasteiger partial charge is 0.261 e. The Morgan fingerprint density at radius 1 is 1.07 bits per heavy atom. The molecule has 0 saturated heterocycles. The van der Waals surface area contributed by atoms with Crippen LogP contribution in [0.25, 0.3) is 0 Å². The minimum Gasteiger partial charge on any atom is -0.484 e. The summed E-state index contributed by atoms with van der Waals surface area (Å²) in [6, 6.07) is 12.9. The van der Waals surface area contributed by atoms with Gasteiger partial charge in [0.25, 0.3) is 5.91 Å². The van der Waals surface area contributed by atoms with Crippen molar-refractivity contribution in [2.75, 3.05) is 13.2 Å². The Kier molecular flexibility index (Phi) is 8.19. The van der Waals surface area contributed by atoms with Crippen molar-refractivity contribution in [3.8, 4) is 5.75 Å². The summed E-state index contributed by atoms with van der Waals surface area (Å²) in [7, 11) is 0. The quantitative estimate of drug-likeness (QED) is 0.698. The molecule has 0 unspecified atom stereocenters. The van der Waals surface area contributed by atoms with Gasteiger partial charge in [0.2, 0.25) is 5.91 Å². The number of hydrogen-bond donors (Lipinski definition) is 1. The van der Waals surface area contributed by atoms with Crippen LogP contribution in [0.1, 0.15) is 31.9 Å². The van der Waals surface area contributed by atoms with Crippen molar-refractivity contribution in [1.82, 2.24) is 10.2 Å². The van der Waals surface area contributed by atoms with E-state index in [0.717, 1.165) is 5.56 Å². The predicted octanol–water partition coefficient (Wildman–Crippen LogP) is 3.70. The number of hydrogen-bond acceptors (Lipinski definition) is 3. The Hall–Kier alpha value is -2.89. The molecule has 1 N–H and O–H groups in total. The third-order valence-corrected chi connectivity index (χ3v) is 4.60. The normalized spacial score (nSPS) is 11.8. The molecular formula is C23H29FN2O3. The van der Waals surface area contributed by atoms with Crippen LogP contribution < -0.4 is 10.1 Å². The van der Waals surface area contributed by atoms with Crippen LogP contribution in [0, 0.1) is 18.7 Å². The first-order valence-corrected chi connectivity index (χ1v) is 9.78. The number of benzene rings is 2. The highest BCUT2D eigenvalue weighted by Crippen LogP contribution is 2.17. The summed E-state index contributed by atoms with van der Waals surface area (Å²) in [6.07, 6.45) is 0. The van der Waals surface area contributed by atoms with Crippen LogP contribution in [0.15, 0.2) is 48.5 Å². The second-order valence-corrected chi connectivity index (χ2v) is 7.48. The minimum absolute atomic E-state index is 0.0150. The molecule has 2 aromatic carbocycles. The molecule has 29 heavy (non-hydrogen) atoms. The lowest BCUT2D eigenvalue weighted by Gasteiger charge is -2.29. The van der Waals surface area contributed by atoms with Crippen LogP contribution in [0.2, 0.25) is 0 Å². The van der Waals surface area contributed by atoms with Gasteiger partial charge in [-0.2, -0.15) is 0 Å². The number of amides is 2. The van der Waals surface area contributed by atoms with Gasteiger partial charge >= 0.3 is 0 Å². The Bertz CT molecular complexity index is 838. The summed E-state index contributed by atoms with van der Waals surface area (Å²) in [5.41, 5.74) is 1.25. The van der Waals surface area contributed by atoms with E-state index in [1.165, 1.54) is 11.0 Å². The van der Waals surface area contributed by atoms with Crippen molar-refractivity contribution >= 4 is 11.8 Å². The van der Waals surface area contributed by atoms with Crippen LogP contribution in [-0.4, -0.2) is 35.9 Å². The van der Waals surface area contributed by atoms with E-state index in [9.17, 15) is 14.0 Å². The highest BCUT2D eigenvalue weighted by Gasteiger charge is 2.27. The molecule has 0 aliphatic carbocycles. The molecule has 0 radical (unpaired) electrons. The van der Waals surface area contributed by atoms with Crippen molar-refractivity contribution in [3.63, 3.8) is 0 Å². The molecule has 0 aliphatic rings. The van der Waals surface area contributed by atoms with E-state index in [-0.39, 0.29) is 30.9 Å². The van der Waals surface area contributed by atoms with Crippen LogP contribution in [0.4, 0.5) is 4.39 Å². The number of para-hydroxylation sites is 1. The van der Waals surface area contributed by atoms with Gasteiger partial charge in [0.1, 0.15) is 17.6 Å². The van der Waals surface area contributed by atoms with Gasteiger partial charge < -0.3 is 15.0 Å². The molecule has 6 heteroatoms. The van der Waals surface area contributed by atoms with Gasteiger partial charge in [0.15, 0.2) is 6.61 Å². The van der Waals surface area contributed by atoms with Gasteiger partial charge in [-0.25, -0.2) is 4.39 Å². The van der Waals surface area contributed by atoms with Crippen molar-refractivity contribution in [1.29, 1.82) is 0 Å². The standard InChI is InChI=1S/C23H29FN2O3/c1-16(2)13-25-23(28)18(4)26(14-19-10-6-7-11-20(19)24)22(27)15-29-21-12-8-5-9-17(21)3/h5-12,16,18H,13-15H2,1-4H3,(H,25,28)/t18-/m0/s1. The molecule has 156 valence electrons. The van der Waals surface area contributed by atoms with Gasteiger partial charge in [-0.3, -0.25) is 9.59 Å². The lowest BCUT2D eigenvalue weighted by Crippen LogP contribution is -2.49. The summed E-state index contributed by atoms with van der Waals surface area (Å²) < 4.78 is 19.8. The van der Waals surface area contributed by atoms with E-state index in [1.54, 1.807) is 31.2 Å². The summed E-state index contributed by atoms with van der Waals surface area (Å²) >= 11 is 0. The summed E-state index contributed by atoms with van der Waals surface area (Å²) in [4.78, 5) is 26.8. The fourth-order valence-electron chi connectivity index (χ4n) is 2.79. The number of halogens is 1. The largest absolute Gasteiger partial charge is 0.484 e. The predicted molar refractivity (Wildman–Crippen MR) is 111 cm³/mol. The van der Waals surface area contributed by atoms with Crippen molar-refractivity contribution in [3.05, 3.63) is 65.5 Å². The summed E-state index contributed by atoms with van der Waals surface area (Å²) in [5, 5.41) is 2.83. The van der Waals surface area contributed by atoms with E-state index in [1.807, 2.05) is 39.0 Å². The van der Waals surface area contributed by atoms with Gasteiger partial charge in [0.05, 0.1) is 0 Å². The molecule has 1 atom stereocenters. The van der Waals surface area contributed by atoms with Gasteiger partial charge in [-0.1, -0.05) is 50.2 Å². The number of ether oxygens (including phenoxy) is 1. The zero-order valence-corrected chi connectivity index (χ0v) is 17.4. The van der Waals surface area contributed by atoms with Crippen LogP contribution in [0.5, 0.6) is 5.75 Å². The minimum atomic E-state index is -0.763. The highest BCUT2D eigenvalue weighted by molar-refractivity contribution is 5.88. The van der Waals surface area contributed by atoms with Crippen molar-refractivity contribution < 1.29 is 18.7 Å². The van der Waals surface area contributed by atoms with E-state index < -0.39 is 11.9 Å². The van der Waals surface area contributed by atoms with Gasteiger partial charge in [-0.05, 0) is 37.5 Å². The Labute approximate surface area is 171 Å². The van der Waals surface area contributed by atoms with Crippen molar-refractivity contribution in [2.45, 2.75) is 40.3 Å². The Balaban J connectivity index is 2.16. The zero-order valence-electron chi connectivity index (χ0n) is 17.4. The molecule has 0 aliphatic heterocycles. The lowest BCUT2D eigenvalue weighted by atomic mass is 10.1. The average molecular weight is 400 g/mol. The second kappa shape index (κ2) is 10.6. The molecule has 2 aromatic rings. The maximum Gasteiger partial charge on any atom is 0.261 e. The van der Waals surface area contributed by atoms with Gasteiger partial charge in [-0.15, -0.1) is 0 Å². The first kappa shape index (κ1) is 22.4. The number of nitrogens with zero attached hydrogens (tertiary/aromatic N) is 1. The number of aryl methyl sites for hydroxylation is 1. The number of rotatable bonds is 9. The maximum atomic E-state index is 14.2. The molecule has 2 amide bonds. The van der Waals surface area contributed by atoms with Crippen LogP contribution in [-0.2, 0) is 16.1 Å². The molecular weight excluding hydrogens is 371 g/mol. The molecule has 0 saturated carbocycles.